The molecule has 0 amide bonds. The van der Waals surface area contributed by atoms with E-state index in [1.54, 1.807) is 0 Å². The van der Waals surface area contributed by atoms with Crippen LogP contribution >= 0.6 is 0 Å². The van der Waals surface area contributed by atoms with Crippen molar-refractivity contribution < 1.29 is 0 Å². The van der Waals surface area contributed by atoms with Crippen molar-refractivity contribution in [2.24, 2.45) is 4.99 Å². The van der Waals surface area contributed by atoms with Crippen molar-refractivity contribution in [2.45, 2.75) is 12.5 Å². The Morgan fingerprint density at radius 2 is 1.75 bits per heavy atom. The summed E-state index contributed by atoms with van der Waals surface area (Å²) in [6.07, 6.45) is 1.10. The fourth-order valence-electron chi connectivity index (χ4n) is 3.35. The standard InChI is InChI=1S/C19H33N5/c1-21(2)19(22(3)4)20-12-9-13-24-15-14-23(5)16-18(24)17-10-7-6-8-11-17/h6-8,10-11,18H,9,12-16H2,1-5H3. The number of rotatable bonds is 5. The van der Waals surface area contributed by atoms with E-state index in [-0.39, 0.29) is 0 Å². The zero-order valence-electron chi connectivity index (χ0n) is 15.9. The van der Waals surface area contributed by atoms with Gasteiger partial charge in [-0.3, -0.25) is 9.89 Å². The molecule has 1 heterocycles. The van der Waals surface area contributed by atoms with Gasteiger partial charge in [0.1, 0.15) is 0 Å². The second-order valence-corrected chi connectivity index (χ2v) is 7.05. The van der Waals surface area contributed by atoms with Gasteiger partial charge in [-0.15, -0.1) is 0 Å². The Kier molecular flexibility index (Phi) is 7.06. The average molecular weight is 332 g/mol. The largest absolute Gasteiger partial charge is 0.349 e. The predicted molar refractivity (Wildman–Crippen MR) is 103 cm³/mol. The monoisotopic (exact) mass is 331 g/mol. The van der Waals surface area contributed by atoms with Gasteiger partial charge in [-0.2, -0.15) is 0 Å². The highest BCUT2D eigenvalue weighted by atomic mass is 15.3. The van der Waals surface area contributed by atoms with E-state index in [0.717, 1.165) is 45.1 Å². The molecule has 1 aromatic carbocycles. The number of benzene rings is 1. The fraction of sp³-hybridized carbons (Fsp3) is 0.632. The summed E-state index contributed by atoms with van der Waals surface area (Å²) in [6, 6.07) is 11.4. The molecule has 1 aromatic rings. The summed E-state index contributed by atoms with van der Waals surface area (Å²) in [4.78, 5) is 13.9. The van der Waals surface area contributed by atoms with Crippen LogP contribution in [0.4, 0.5) is 0 Å². The van der Waals surface area contributed by atoms with E-state index in [1.807, 2.05) is 28.2 Å². The van der Waals surface area contributed by atoms with Crippen LogP contribution in [0.15, 0.2) is 35.3 Å². The van der Waals surface area contributed by atoms with Gasteiger partial charge < -0.3 is 14.7 Å². The highest BCUT2D eigenvalue weighted by molar-refractivity contribution is 5.79. The highest BCUT2D eigenvalue weighted by Crippen LogP contribution is 2.24. The van der Waals surface area contributed by atoms with Gasteiger partial charge in [0.2, 0.25) is 0 Å². The minimum absolute atomic E-state index is 0.496. The van der Waals surface area contributed by atoms with Gasteiger partial charge in [-0.1, -0.05) is 30.3 Å². The number of guanidine groups is 1. The van der Waals surface area contributed by atoms with Crippen LogP contribution in [-0.2, 0) is 0 Å². The minimum Gasteiger partial charge on any atom is -0.349 e. The molecule has 1 saturated heterocycles. The number of aliphatic imine (C=N–C) groups is 1. The van der Waals surface area contributed by atoms with Crippen LogP contribution in [0.2, 0.25) is 0 Å². The van der Waals surface area contributed by atoms with Crippen molar-refractivity contribution >= 4 is 5.96 Å². The van der Waals surface area contributed by atoms with Gasteiger partial charge in [0, 0.05) is 67.0 Å². The predicted octanol–water partition coefficient (Wildman–Crippen LogP) is 1.84. The maximum atomic E-state index is 4.75. The van der Waals surface area contributed by atoms with Crippen molar-refractivity contribution in [3.05, 3.63) is 35.9 Å². The summed E-state index contributed by atoms with van der Waals surface area (Å²) >= 11 is 0. The first kappa shape index (κ1) is 18.7. The molecule has 0 spiro atoms. The molecule has 1 aliphatic heterocycles. The number of nitrogens with zero attached hydrogens (tertiary/aromatic N) is 5. The first-order valence-electron chi connectivity index (χ1n) is 8.85. The molecule has 0 radical (unpaired) electrons. The molecular weight excluding hydrogens is 298 g/mol. The Morgan fingerprint density at radius 1 is 1.08 bits per heavy atom. The van der Waals surface area contributed by atoms with Crippen LogP contribution in [0.25, 0.3) is 0 Å². The van der Waals surface area contributed by atoms with E-state index in [0.29, 0.717) is 6.04 Å². The third-order valence-electron chi connectivity index (χ3n) is 4.54. The zero-order valence-corrected chi connectivity index (χ0v) is 15.9. The maximum Gasteiger partial charge on any atom is 0.195 e. The Bertz CT molecular complexity index is 502. The molecule has 5 heteroatoms. The van der Waals surface area contributed by atoms with Gasteiger partial charge in [-0.05, 0) is 19.0 Å². The first-order chi connectivity index (χ1) is 11.5. The molecule has 1 fully saturated rings. The molecule has 1 aliphatic rings. The summed E-state index contributed by atoms with van der Waals surface area (Å²) in [5.74, 6) is 1.04. The zero-order chi connectivity index (χ0) is 17.5. The van der Waals surface area contributed by atoms with Gasteiger partial charge in [0.05, 0.1) is 0 Å². The van der Waals surface area contributed by atoms with Crippen molar-refractivity contribution in [3.8, 4) is 0 Å². The summed E-state index contributed by atoms with van der Waals surface area (Å²) in [7, 11) is 10.4. The number of hydrogen-bond acceptors (Lipinski definition) is 3. The topological polar surface area (TPSA) is 25.3 Å². The number of hydrogen-bond donors (Lipinski definition) is 0. The van der Waals surface area contributed by atoms with E-state index in [2.05, 4.69) is 57.0 Å². The van der Waals surface area contributed by atoms with Crippen LogP contribution in [-0.4, -0.2) is 93.5 Å². The lowest BCUT2D eigenvalue weighted by atomic mass is 10.0. The number of piperazine rings is 1. The maximum absolute atomic E-state index is 4.75. The summed E-state index contributed by atoms with van der Waals surface area (Å²) in [5.41, 5.74) is 1.43. The smallest absolute Gasteiger partial charge is 0.195 e. The molecule has 1 unspecified atom stereocenters. The molecular formula is C19H33N5. The quantitative estimate of drug-likeness (QED) is 0.467. The van der Waals surface area contributed by atoms with E-state index in [4.69, 9.17) is 4.99 Å². The Morgan fingerprint density at radius 3 is 2.38 bits per heavy atom. The average Bonchev–Trinajstić information content (AvgIpc) is 2.55. The molecule has 0 bridgehead atoms. The van der Waals surface area contributed by atoms with Crippen molar-refractivity contribution in [3.63, 3.8) is 0 Å². The molecule has 0 saturated carbocycles. The van der Waals surface area contributed by atoms with E-state index in [1.165, 1.54) is 5.56 Å². The summed E-state index contributed by atoms with van der Waals surface area (Å²) < 4.78 is 0. The third kappa shape index (κ3) is 5.21. The van der Waals surface area contributed by atoms with Crippen LogP contribution in [0.1, 0.15) is 18.0 Å². The van der Waals surface area contributed by atoms with Crippen molar-refractivity contribution in [1.29, 1.82) is 0 Å². The lowest BCUT2D eigenvalue weighted by Crippen LogP contribution is -2.47. The first-order valence-corrected chi connectivity index (χ1v) is 8.85. The molecule has 1 atom stereocenters. The van der Waals surface area contributed by atoms with Crippen LogP contribution < -0.4 is 0 Å². The Hall–Kier alpha value is -1.59. The van der Waals surface area contributed by atoms with E-state index < -0.39 is 0 Å². The summed E-state index contributed by atoms with van der Waals surface area (Å²) in [5, 5.41) is 0. The third-order valence-corrected chi connectivity index (χ3v) is 4.54. The van der Waals surface area contributed by atoms with Crippen molar-refractivity contribution in [1.82, 2.24) is 19.6 Å². The van der Waals surface area contributed by atoms with Gasteiger partial charge >= 0.3 is 0 Å². The van der Waals surface area contributed by atoms with Crippen LogP contribution in [0, 0.1) is 0 Å². The van der Waals surface area contributed by atoms with Crippen LogP contribution in [0.5, 0.6) is 0 Å². The Labute approximate surface area is 147 Å². The second-order valence-electron chi connectivity index (χ2n) is 7.05. The van der Waals surface area contributed by atoms with Crippen molar-refractivity contribution in [2.75, 3.05) is 68.0 Å². The molecule has 0 N–H and O–H groups in total. The van der Waals surface area contributed by atoms with E-state index in [9.17, 15) is 0 Å². The van der Waals surface area contributed by atoms with Crippen LogP contribution in [0.3, 0.4) is 0 Å². The lowest BCUT2D eigenvalue weighted by Gasteiger charge is -2.40. The Balaban J connectivity index is 1.93. The number of likely N-dealkylation sites (N-methyl/N-ethyl adjacent to an activating group) is 1. The van der Waals surface area contributed by atoms with E-state index >= 15 is 0 Å². The van der Waals surface area contributed by atoms with Gasteiger partial charge in [-0.25, -0.2) is 0 Å². The van der Waals surface area contributed by atoms with Gasteiger partial charge in [0.15, 0.2) is 5.96 Å². The fourth-order valence-corrected chi connectivity index (χ4v) is 3.35. The second kappa shape index (κ2) is 9.04. The molecule has 0 aromatic heterocycles. The minimum atomic E-state index is 0.496. The molecule has 5 nitrogen and oxygen atoms in total. The lowest BCUT2D eigenvalue weighted by molar-refractivity contribution is 0.0894. The molecule has 2 rings (SSSR count). The highest BCUT2D eigenvalue weighted by Gasteiger charge is 2.25. The molecule has 0 aliphatic carbocycles. The molecule has 134 valence electrons. The van der Waals surface area contributed by atoms with Gasteiger partial charge in [0.25, 0.3) is 0 Å². The molecule has 24 heavy (non-hydrogen) atoms. The SMILES string of the molecule is CN1CCN(CCCN=C(N(C)C)N(C)C)C(c2ccccc2)C1. The summed E-state index contributed by atoms with van der Waals surface area (Å²) in [6.45, 7) is 5.36. The normalized spacial score (nSPS) is 19.1.